The van der Waals surface area contributed by atoms with Crippen LogP contribution in [0.3, 0.4) is 0 Å². The fourth-order valence-corrected chi connectivity index (χ4v) is 0.960. The van der Waals surface area contributed by atoms with Gasteiger partial charge in [0, 0.05) is 36.4 Å². The van der Waals surface area contributed by atoms with Crippen LogP contribution in [0.25, 0.3) is 0 Å². The van der Waals surface area contributed by atoms with E-state index in [-0.39, 0.29) is 0 Å². The first-order valence-electron chi connectivity index (χ1n) is 4.35. The third-order valence-corrected chi connectivity index (χ3v) is 1.75. The molecule has 0 atom stereocenters. The molecule has 0 unspecified atom stereocenters. The van der Waals surface area contributed by atoms with Gasteiger partial charge in [-0.05, 0) is 29.8 Å². The number of halogens is 1. The van der Waals surface area contributed by atoms with E-state index in [1.165, 1.54) is 0 Å². The van der Waals surface area contributed by atoms with Crippen LogP contribution in [0, 0.1) is 0 Å². The van der Waals surface area contributed by atoms with E-state index in [4.69, 9.17) is 0 Å². The number of nitrogens with one attached hydrogen (secondary N) is 1. The van der Waals surface area contributed by atoms with E-state index in [0.717, 1.165) is 10.9 Å². The number of hydrogen-bond acceptors (Lipinski definition) is 2. The Hall–Kier alpha value is -0.570. The third kappa shape index (κ3) is 9.34. The SMILES string of the molecule is CN=CC/C=C\C(Br)=C/NC(C)C. The zero-order valence-electron chi connectivity index (χ0n) is 8.42. The topological polar surface area (TPSA) is 24.4 Å². The second-order valence-electron chi connectivity index (χ2n) is 2.93. The van der Waals surface area contributed by atoms with Gasteiger partial charge in [-0.3, -0.25) is 0 Å². The highest BCUT2D eigenvalue weighted by atomic mass is 79.9. The summed E-state index contributed by atoms with van der Waals surface area (Å²) in [6, 6.07) is 0.471. The second kappa shape index (κ2) is 8.05. The molecule has 0 radical (unpaired) electrons. The smallest absolute Gasteiger partial charge is 0.0329 e. The van der Waals surface area contributed by atoms with Gasteiger partial charge in [0.05, 0.1) is 0 Å². The van der Waals surface area contributed by atoms with Crippen molar-refractivity contribution in [2.24, 2.45) is 4.99 Å². The molecule has 13 heavy (non-hydrogen) atoms. The van der Waals surface area contributed by atoms with E-state index in [0.29, 0.717) is 6.04 Å². The van der Waals surface area contributed by atoms with Crippen LogP contribution in [0.2, 0.25) is 0 Å². The molecule has 0 aromatic rings. The molecule has 0 aliphatic rings. The summed E-state index contributed by atoms with van der Waals surface area (Å²) < 4.78 is 1.05. The lowest BCUT2D eigenvalue weighted by molar-refractivity contribution is 0.702. The molecule has 0 aliphatic carbocycles. The summed E-state index contributed by atoms with van der Waals surface area (Å²) in [5.74, 6) is 0. The van der Waals surface area contributed by atoms with Gasteiger partial charge in [0.2, 0.25) is 0 Å². The van der Waals surface area contributed by atoms with E-state index in [1.807, 2.05) is 18.5 Å². The normalized spacial score (nSPS) is 13.5. The molecule has 1 N–H and O–H groups in total. The van der Waals surface area contributed by atoms with Gasteiger partial charge >= 0.3 is 0 Å². The molecule has 3 heteroatoms. The van der Waals surface area contributed by atoms with Crippen LogP contribution in [-0.4, -0.2) is 19.3 Å². The minimum atomic E-state index is 0.471. The Morgan fingerprint density at radius 3 is 2.77 bits per heavy atom. The highest BCUT2D eigenvalue weighted by Gasteiger charge is 1.86. The van der Waals surface area contributed by atoms with Crippen molar-refractivity contribution in [2.75, 3.05) is 7.05 Å². The van der Waals surface area contributed by atoms with Crippen molar-refractivity contribution in [2.45, 2.75) is 26.3 Å². The lowest BCUT2D eigenvalue weighted by Crippen LogP contribution is -2.15. The fourth-order valence-electron chi connectivity index (χ4n) is 0.641. The van der Waals surface area contributed by atoms with Crippen LogP contribution in [0.15, 0.2) is 27.8 Å². The summed E-state index contributed by atoms with van der Waals surface area (Å²) >= 11 is 3.43. The first kappa shape index (κ1) is 12.4. The van der Waals surface area contributed by atoms with Crippen molar-refractivity contribution in [3.8, 4) is 0 Å². The van der Waals surface area contributed by atoms with Crippen molar-refractivity contribution >= 4 is 22.1 Å². The molecule has 0 fully saturated rings. The van der Waals surface area contributed by atoms with E-state index in [1.54, 1.807) is 7.05 Å². The van der Waals surface area contributed by atoms with Crippen LogP contribution in [-0.2, 0) is 0 Å². The van der Waals surface area contributed by atoms with Crippen molar-refractivity contribution in [3.05, 3.63) is 22.8 Å². The molecular weight excluding hydrogens is 228 g/mol. The zero-order chi connectivity index (χ0) is 10.1. The molecule has 0 bridgehead atoms. The molecule has 74 valence electrons. The third-order valence-electron chi connectivity index (χ3n) is 1.26. The standard InChI is InChI=1S/C10H17BrN2/c1-9(2)13-8-10(11)6-4-5-7-12-3/h4,6-9,13H,5H2,1-3H3/b6-4-,10-8+,12-7?. The lowest BCUT2D eigenvalue weighted by atomic mass is 10.4. The molecule has 0 amide bonds. The second-order valence-corrected chi connectivity index (χ2v) is 3.85. The Kier molecular flexibility index (Phi) is 7.69. The molecule has 2 nitrogen and oxygen atoms in total. The highest BCUT2D eigenvalue weighted by molar-refractivity contribution is 9.11. The summed E-state index contributed by atoms with van der Waals surface area (Å²) in [5.41, 5.74) is 0. The van der Waals surface area contributed by atoms with Gasteiger partial charge in [0.15, 0.2) is 0 Å². The Labute approximate surface area is 89.0 Å². The molecular formula is C10H17BrN2. The van der Waals surface area contributed by atoms with Gasteiger partial charge in [0.25, 0.3) is 0 Å². The molecule has 0 rings (SSSR count). The average Bonchev–Trinajstić information content (AvgIpc) is 2.09. The van der Waals surface area contributed by atoms with E-state index in [9.17, 15) is 0 Å². The Bertz CT molecular complexity index is 205. The molecule has 0 aliphatic heterocycles. The zero-order valence-corrected chi connectivity index (χ0v) is 10.0. The molecule has 0 saturated carbocycles. The molecule has 0 aromatic carbocycles. The minimum Gasteiger partial charge on any atom is -0.388 e. The van der Waals surface area contributed by atoms with E-state index in [2.05, 4.69) is 46.2 Å². The van der Waals surface area contributed by atoms with E-state index < -0.39 is 0 Å². The maximum atomic E-state index is 3.88. The van der Waals surface area contributed by atoms with Crippen LogP contribution in [0.4, 0.5) is 0 Å². The van der Waals surface area contributed by atoms with Crippen LogP contribution < -0.4 is 5.32 Å². The summed E-state index contributed by atoms with van der Waals surface area (Å²) in [7, 11) is 1.78. The quantitative estimate of drug-likeness (QED) is 0.584. The molecule has 0 aromatic heterocycles. The first-order chi connectivity index (χ1) is 6.16. The minimum absolute atomic E-state index is 0.471. The Balaban J connectivity index is 3.77. The predicted molar refractivity (Wildman–Crippen MR) is 63.5 cm³/mol. The first-order valence-corrected chi connectivity index (χ1v) is 5.15. The average molecular weight is 245 g/mol. The summed E-state index contributed by atoms with van der Waals surface area (Å²) in [4.78, 5) is 3.88. The van der Waals surface area contributed by atoms with E-state index >= 15 is 0 Å². The Morgan fingerprint density at radius 1 is 1.54 bits per heavy atom. The van der Waals surface area contributed by atoms with Crippen LogP contribution in [0.1, 0.15) is 20.3 Å². The van der Waals surface area contributed by atoms with Crippen molar-refractivity contribution in [1.82, 2.24) is 5.32 Å². The lowest BCUT2D eigenvalue weighted by Gasteiger charge is -2.02. The van der Waals surface area contributed by atoms with Gasteiger partial charge in [-0.2, -0.15) is 0 Å². The molecule has 0 heterocycles. The summed E-state index contributed by atoms with van der Waals surface area (Å²) in [6.07, 6.45) is 8.75. The fraction of sp³-hybridized carbons (Fsp3) is 0.500. The maximum Gasteiger partial charge on any atom is 0.0329 e. The van der Waals surface area contributed by atoms with Crippen molar-refractivity contribution in [3.63, 3.8) is 0 Å². The monoisotopic (exact) mass is 244 g/mol. The predicted octanol–water partition coefficient (Wildman–Crippen LogP) is 2.87. The van der Waals surface area contributed by atoms with Crippen molar-refractivity contribution < 1.29 is 0 Å². The number of hydrogen-bond donors (Lipinski definition) is 1. The maximum absolute atomic E-state index is 3.88. The molecule has 0 saturated heterocycles. The van der Waals surface area contributed by atoms with Crippen molar-refractivity contribution in [1.29, 1.82) is 0 Å². The van der Waals surface area contributed by atoms with Gasteiger partial charge in [0.1, 0.15) is 0 Å². The number of nitrogens with zero attached hydrogens (tertiary/aromatic N) is 1. The number of allylic oxidation sites excluding steroid dienone is 3. The highest BCUT2D eigenvalue weighted by Crippen LogP contribution is 2.05. The Morgan fingerprint density at radius 2 is 2.23 bits per heavy atom. The largest absolute Gasteiger partial charge is 0.388 e. The van der Waals surface area contributed by atoms with Crippen LogP contribution in [0.5, 0.6) is 0 Å². The van der Waals surface area contributed by atoms with Gasteiger partial charge in [-0.1, -0.05) is 12.2 Å². The number of rotatable bonds is 5. The summed E-state index contributed by atoms with van der Waals surface area (Å²) in [5, 5.41) is 3.19. The van der Waals surface area contributed by atoms with Gasteiger partial charge in [-0.15, -0.1) is 0 Å². The summed E-state index contributed by atoms with van der Waals surface area (Å²) in [6.45, 7) is 4.20. The van der Waals surface area contributed by atoms with Crippen LogP contribution >= 0.6 is 15.9 Å². The van der Waals surface area contributed by atoms with Gasteiger partial charge < -0.3 is 10.3 Å². The number of aliphatic imine (C=N–C) groups is 1. The van der Waals surface area contributed by atoms with Gasteiger partial charge in [-0.25, -0.2) is 0 Å². The molecule has 0 spiro atoms.